The summed E-state index contributed by atoms with van der Waals surface area (Å²) in [4.78, 5) is 24.3. The predicted octanol–water partition coefficient (Wildman–Crippen LogP) is 0.487. The molecule has 0 amide bonds. The minimum Gasteiger partial charge on any atom is -0.312 e. The zero-order valence-corrected chi connectivity index (χ0v) is 8.08. The summed E-state index contributed by atoms with van der Waals surface area (Å²) in [6, 6.07) is -0.264. The topological polar surface area (TPSA) is 98.8 Å². The average molecular weight is 207 g/mol. The van der Waals surface area contributed by atoms with Crippen LogP contribution in [0.2, 0.25) is 0 Å². The second-order valence-electron chi connectivity index (χ2n) is 2.72. The minimum absolute atomic E-state index is 0.0943. The summed E-state index contributed by atoms with van der Waals surface area (Å²) in [5.41, 5.74) is 0. The second kappa shape index (κ2) is 5.95. The van der Waals surface area contributed by atoms with Gasteiger partial charge in [0.2, 0.25) is 0 Å². The van der Waals surface area contributed by atoms with Crippen molar-refractivity contribution >= 4 is 0 Å². The number of nitrogens with zero attached hydrogens (tertiary/aromatic N) is 3. The van der Waals surface area contributed by atoms with Crippen molar-refractivity contribution in [2.24, 2.45) is 0 Å². The van der Waals surface area contributed by atoms with E-state index in [0.717, 1.165) is 5.01 Å². The molecule has 0 rings (SSSR count). The highest BCUT2D eigenvalue weighted by molar-refractivity contribution is 4.55. The van der Waals surface area contributed by atoms with Gasteiger partial charge in [-0.25, -0.2) is 10.1 Å². The summed E-state index contributed by atoms with van der Waals surface area (Å²) < 4.78 is 0. The van der Waals surface area contributed by atoms with Crippen LogP contribution >= 0.6 is 0 Å². The van der Waals surface area contributed by atoms with E-state index in [4.69, 9.17) is 0 Å². The fourth-order valence-electron chi connectivity index (χ4n) is 0.883. The molecule has 0 aliphatic carbocycles. The molecule has 0 aromatic carbocycles. The van der Waals surface area contributed by atoms with Crippen LogP contribution in [0.4, 0.5) is 0 Å². The third kappa shape index (κ3) is 4.43. The van der Waals surface area contributed by atoms with Crippen LogP contribution in [0.1, 0.15) is 20.3 Å². The van der Waals surface area contributed by atoms with Crippen molar-refractivity contribution in [3.05, 3.63) is 20.2 Å². The molecule has 0 saturated heterocycles. The molecule has 1 unspecified atom stereocenters. The molecule has 82 valence electrons. The van der Waals surface area contributed by atoms with Gasteiger partial charge in [0, 0.05) is 0 Å². The van der Waals surface area contributed by atoms with E-state index >= 15 is 0 Å². The average Bonchev–Trinajstić information content (AvgIpc) is 2.10. The van der Waals surface area contributed by atoms with Gasteiger partial charge >= 0.3 is 0 Å². The Balaban J connectivity index is 3.98. The van der Waals surface area contributed by atoms with Crippen LogP contribution in [0.3, 0.4) is 0 Å². The van der Waals surface area contributed by atoms with Crippen molar-refractivity contribution in [3.63, 3.8) is 0 Å². The minimum atomic E-state index is -0.964. The summed E-state index contributed by atoms with van der Waals surface area (Å²) in [5.74, 6) is 0. The SMILES string of the molecule is CCC(C)N(CCO[N+](=O)[O-])[N+](=O)[O-]. The lowest BCUT2D eigenvalue weighted by Gasteiger charge is -2.19. The molecule has 0 heterocycles. The van der Waals surface area contributed by atoms with Gasteiger partial charge in [0.1, 0.15) is 13.2 Å². The molecule has 0 N–H and O–H groups in total. The first-order chi connectivity index (χ1) is 6.49. The lowest BCUT2D eigenvalue weighted by molar-refractivity contribution is -0.761. The summed E-state index contributed by atoms with van der Waals surface area (Å²) in [7, 11) is 0. The van der Waals surface area contributed by atoms with E-state index in [1.54, 1.807) is 13.8 Å². The van der Waals surface area contributed by atoms with Crippen LogP contribution in [0, 0.1) is 20.2 Å². The molecule has 0 saturated carbocycles. The first kappa shape index (κ1) is 12.4. The fraction of sp³-hybridized carbons (Fsp3) is 1.00. The Hall–Kier alpha value is -1.60. The van der Waals surface area contributed by atoms with Crippen molar-refractivity contribution in [2.45, 2.75) is 26.3 Å². The van der Waals surface area contributed by atoms with Crippen molar-refractivity contribution in [3.8, 4) is 0 Å². The third-order valence-electron chi connectivity index (χ3n) is 1.83. The largest absolute Gasteiger partial charge is 0.312 e. The molecule has 0 aromatic rings. The van der Waals surface area contributed by atoms with Gasteiger partial charge in [0.25, 0.3) is 5.09 Å². The Morgan fingerprint density at radius 3 is 2.36 bits per heavy atom. The molecule has 0 aliphatic heterocycles. The van der Waals surface area contributed by atoms with Crippen LogP contribution in [-0.2, 0) is 4.84 Å². The van der Waals surface area contributed by atoms with Crippen LogP contribution < -0.4 is 0 Å². The van der Waals surface area contributed by atoms with Gasteiger partial charge in [-0.05, 0) is 13.3 Å². The van der Waals surface area contributed by atoms with Crippen molar-refractivity contribution < 1.29 is 15.0 Å². The van der Waals surface area contributed by atoms with Gasteiger partial charge < -0.3 is 4.84 Å². The first-order valence-corrected chi connectivity index (χ1v) is 4.17. The highest BCUT2D eigenvalue weighted by Gasteiger charge is 2.20. The normalized spacial score (nSPS) is 11.9. The standard InChI is InChI=1S/C6H13N3O5/c1-3-6(2)7(8(10)11)4-5-14-9(12)13/h6H,3-5H2,1-2H3. The first-order valence-electron chi connectivity index (χ1n) is 4.17. The van der Waals surface area contributed by atoms with Gasteiger partial charge in [0.15, 0.2) is 5.03 Å². The molecular formula is C6H13N3O5. The van der Waals surface area contributed by atoms with Gasteiger partial charge in [-0.2, -0.15) is 0 Å². The molecular weight excluding hydrogens is 194 g/mol. The molecule has 1 atom stereocenters. The Bertz CT molecular complexity index is 210. The summed E-state index contributed by atoms with van der Waals surface area (Å²) in [5, 5.41) is 19.7. The zero-order chi connectivity index (χ0) is 11.1. The van der Waals surface area contributed by atoms with Crippen molar-refractivity contribution in [2.75, 3.05) is 13.2 Å². The summed E-state index contributed by atoms with van der Waals surface area (Å²) in [6.45, 7) is 3.09. The fourth-order valence-corrected chi connectivity index (χ4v) is 0.883. The molecule has 0 fully saturated rings. The van der Waals surface area contributed by atoms with Gasteiger partial charge in [-0.15, -0.1) is 15.1 Å². The van der Waals surface area contributed by atoms with Gasteiger partial charge in [-0.1, -0.05) is 6.92 Å². The lowest BCUT2D eigenvalue weighted by atomic mass is 10.2. The molecule has 0 bridgehead atoms. The molecule has 14 heavy (non-hydrogen) atoms. The predicted molar refractivity (Wildman–Crippen MR) is 46.4 cm³/mol. The Morgan fingerprint density at radius 1 is 1.43 bits per heavy atom. The van der Waals surface area contributed by atoms with E-state index in [1.807, 2.05) is 0 Å². The van der Waals surface area contributed by atoms with E-state index < -0.39 is 10.1 Å². The van der Waals surface area contributed by atoms with Gasteiger partial charge in [-0.3, -0.25) is 0 Å². The molecule has 0 aliphatic rings. The van der Waals surface area contributed by atoms with Crippen LogP contribution in [0.5, 0.6) is 0 Å². The molecule has 8 heteroatoms. The third-order valence-corrected chi connectivity index (χ3v) is 1.83. The highest BCUT2D eigenvalue weighted by atomic mass is 16.9. The highest BCUT2D eigenvalue weighted by Crippen LogP contribution is 2.02. The summed E-state index contributed by atoms with van der Waals surface area (Å²) in [6.07, 6.45) is 0.597. The van der Waals surface area contributed by atoms with E-state index in [1.165, 1.54) is 0 Å². The summed E-state index contributed by atoms with van der Waals surface area (Å²) >= 11 is 0. The van der Waals surface area contributed by atoms with E-state index in [9.17, 15) is 20.2 Å². The van der Waals surface area contributed by atoms with Crippen LogP contribution in [0.15, 0.2) is 0 Å². The zero-order valence-electron chi connectivity index (χ0n) is 8.08. The Kier molecular flexibility index (Phi) is 5.27. The molecule has 8 nitrogen and oxygen atoms in total. The van der Waals surface area contributed by atoms with Crippen LogP contribution in [0.25, 0.3) is 0 Å². The maximum atomic E-state index is 10.5. The Labute approximate surface area is 80.7 Å². The number of hydrazine groups is 1. The van der Waals surface area contributed by atoms with Crippen molar-refractivity contribution in [1.29, 1.82) is 0 Å². The quantitative estimate of drug-likeness (QED) is 0.445. The number of hydrogen-bond acceptors (Lipinski definition) is 5. The van der Waals surface area contributed by atoms with E-state index in [-0.39, 0.29) is 19.2 Å². The Morgan fingerprint density at radius 2 is 2.00 bits per heavy atom. The lowest BCUT2D eigenvalue weighted by Crippen LogP contribution is -2.40. The second-order valence-corrected chi connectivity index (χ2v) is 2.72. The molecule has 0 radical (unpaired) electrons. The monoisotopic (exact) mass is 207 g/mol. The van der Waals surface area contributed by atoms with Crippen LogP contribution in [-0.4, -0.2) is 34.3 Å². The van der Waals surface area contributed by atoms with Crippen molar-refractivity contribution in [1.82, 2.24) is 5.01 Å². The molecule has 0 spiro atoms. The van der Waals surface area contributed by atoms with Gasteiger partial charge in [0.05, 0.1) is 6.04 Å². The maximum absolute atomic E-state index is 10.5. The maximum Gasteiger partial charge on any atom is 0.294 e. The van der Waals surface area contributed by atoms with E-state index in [2.05, 4.69) is 4.84 Å². The number of hydrogen-bond donors (Lipinski definition) is 0. The smallest absolute Gasteiger partial charge is 0.294 e. The molecule has 0 aromatic heterocycles. The number of nitro groups is 1. The van der Waals surface area contributed by atoms with E-state index in [0.29, 0.717) is 6.42 Å². The number of rotatable bonds is 7.